The molecule has 0 fully saturated rings. The molecule has 0 amide bonds. The minimum Gasteiger partial charge on any atom is -0.458 e. The van der Waals surface area contributed by atoms with Crippen LogP contribution >= 0.6 is 0 Å². The average Bonchev–Trinajstić information content (AvgIpc) is 3.04. The molecule has 0 saturated carbocycles. The highest BCUT2D eigenvalue weighted by Crippen LogP contribution is 2.39. The normalized spacial score (nSPS) is 10.9. The van der Waals surface area contributed by atoms with Crippen molar-refractivity contribution in [3.63, 3.8) is 0 Å². The lowest BCUT2D eigenvalue weighted by Gasteiger charge is -2.08. The van der Waals surface area contributed by atoms with Gasteiger partial charge in [0.15, 0.2) is 11.5 Å². The van der Waals surface area contributed by atoms with E-state index in [2.05, 4.69) is 13.8 Å². The van der Waals surface area contributed by atoms with E-state index in [1.54, 1.807) is 0 Å². The van der Waals surface area contributed by atoms with Crippen LogP contribution in [0.5, 0.6) is 11.5 Å². The molecule has 0 spiro atoms. The highest BCUT2D eigenvalue weighted by molar-refractivity contribution is 5.77. The van der Waals surface area contributed by atoms with E-state index in [0.717, 1.165) is 38.5 Å². The first-order valence-corrected chi connectivity index (χ1v) is 11.6. The van der Waals surface area contributed by atoms with Crippen LogP contribution < -0.4 is 9.47 Å². The van der Waals surface area contributed by atoms with Gasteiger partial charge in [0, 0.05) is 25.7 Å². The van der Waals surface area contributed by atoms with Crippen LogP contribution in [0.25, 0.3) is 0 Å². The third kappa shape index (κ3) is 9.51. The topological polar surface area (TPSA) is 65.7 Å². The lowest BCUT2D eigenvalue weighted by atomic mass is 10.1. The first-order valence-electron chi connectivity index (χ1n) is 11.6. The molecule has 1 aromatic rings. The van der Waals surface area contributed by atoms with Gasteiger partial charge in [-0.1, -0.05) is 79.1 Å². The summed E-state index contributed by atoms with van der Waals surface area (Å²) in [6, 6.07) is 0. The molecule has 0 aromatic carbocycles. The molecular weight excluding hydrogens is 368 g/mol. The fourth-order valence-corrected chi connectivity index (χ4v) is 3.24. The van der Waals surface area contributed by atoms with Gasteiger partial charge in [0.2, 0.25) is 11.5 Å². The van der Waals surface area contributed by atoms with Crippen LogP contribution in [0.4, 0.5) is 0 Å². The van der Waals surface area contributed by atoms with Crippen molar-refractivity contribution in [3.8, 4) is 11.5 Å². The Morgan fingerprint density at radius 1 is 0.621 bits per heavy atom. The van der Waals surface area contributed by atoms with E-state index in [0.29, 0.717) is 48.7 Å². The van der Waals surface area contributed by atoms with Crippen molar-refractivity contribution in [2.75, 3.05) is 0 Å². The number of hydrogen-bond donors (Lipinski definition) is 0. The Bertz CT molecular complexity index is 552. The Kier molecular flexibility index (Phi) is 13.2. The van der Waals surface area contributed by atoms with E-state index in [1.807, 2.05) is 13.8 Å². The highest BCUT2D eigenvalue weighted by atomic mass is 16.6. The minimum atomic E-state index is -0.295. The molecule has 5 nitrogen and oxygen atoms in total. The summed E-state index contributed by atoms with van der Waals surface area (Å²) in [5.74, 6) is 1.12. The first-order chi connectivity index (χ1) is 14.1. The van der Waals surface area contributed by atoms with Gasteiger partial charge in [0.25, 0.3) is 0 Å². The van der Waals surface area contributed by atoms with Gasteiger partial charge in [-0.05, 0) is 12.8 Å². The van der Waals surface area contributed by atoms with Gasteiger partial charge in [-0.25, -0.2) is 0 Å². The maximum atomic E-state index is 12.3. The van der Waals surface area contributed by atoms with Crippen LogP contribution in [0.1, 0.15) is 116 Å². The minimum absolute atomic E-state index is 0.294. The lowest BCUT2D eigenvalue weighted by Crippen LogP contribution is -2.12. The molecule has 0 aliphatic carbocycles. The van der Waals surface area contributed by atoms with Crippen LogP contribution in [0, 0.1) is 0 Å². The second-order valence-corrected chi connectivity index (χ2v) is 7.59. The molecule has 0 unspecified atom stereocenters. The van der Waals surface area contributed by atoms with Gasteiger partial charge in [0.1, 0.15) is 0 Å². The largest absolute Gasteiger partial charge is 0.458 e. The fraction of sp³-hybridized carbons (Fsp3) is 0.750. The molecule has 1 rings (SSSR count). The summed E-state index contributed by atoms with van der Waals surface area (Å²) in [7, 11) is 0. The molecule has 166 valence electrons. The molecule has 1 aromatic heterocycles. The summed E-state index contributed by atoms with van der Waals surface area (Å²) in [5.41, 5.74) is 0. The lowest BCUT2D eigenvalue weighted by molar-refractivity contribution is -0.137. The summed E-state index contributed by atoms with van der Waals surface area (Å²) in [5, 5.41) is 0. The van der Waals surface area contributed by atoms with Crippen molar-refractivity contribution in [2.24, 2.45) is 0 Å². The van der Waals surface area contributed by atoms with E-state index in [9.17, 15) is 9.59 Å². The van der Waals surface area contributed by atoms with E-state index in [4.69, 9.17) is 13.9 Å². The molecule has 0 saturated heterocycles. The number of carbonyl (C=O) groups excluding carboxylic acids is 2. The number of esters is 2. The van der Waals surface area contributed by atoms with Gasteiger partial charge in [0.05, 0.1) is 0 Å². The number of unbranched alkanes of at least 4 members (excludes halogenated alkanes) is 8. The molecule has 1 heterocycles. The fourth-order valence-electron chi connectivity index (χ4n) is 3.24. The molecule has 0 aliphatic heterocycles. The van der Waals surface area contributed by atoms with Gasteiger partial charge in [-0.15, -0.1) is 0 Å². The van der Waals surface area contributed by atoms with E-state index in [-0.39, 0.29) is 11.9 Å². The zero-order chi connectivity index (χ0) is 21.5. The number of hydrogen-bond acceptors (Lipinski definition) is 5. The second kappa shape index (κ2) is 15.1. The molecule has 0 atom stereocenters. The Morgan fingerprint density at radius 2 is 1.00 bits per heavy atom. The van der Waals surface area contributed by atoms with Crippen molar-refractivity contribution < 1.29 is 23.5 Å². The molecule has 5 heteroatoms. The summed E-state index contributed by atoms with van der Waals surface area (Å²) >= 11 is 0. The number of ether oxygens (including phenoxy) is 2. The zero-order valence-electron chi connectivity index (χ0n) is 18.9. The zero-order valence-corrected chi connectivity index (χ0v) is 18.9. The monoisotopic (exact) mass is 408 g/mol. The third-order valence-corrected chi connectivity index (χ3v) is 5.00. The molecule has 0 bridgehead atoms. The standard InChI is InChI=1S/C24H40O5/c1-5-9-11-13-15-17-21(25)28-23-19(7-3)27-20(8-4)24(23)29-22(26)18-16-14-12-10-6-2/h5-18H2,1-4H3. The SMILES string of the molecule is CCCCCCCC(=O)Oc1c(CC)oc(CC)c1OC(=O)CCCCCCC. The first kappa shape index (κ1) is 25.3. The molecule has 29 heavy (non-hydrogen) atoms. The molecule has 0 aliphatic rings. The second-order valence-electron chi connectivity index (χ2n) is 7.59. The summed E-state index contributed by atoms with van der Waals surface area (Å²) in [4.78, 5) is 24.6. The van der Waals surface area contributed by atoms with Gasteiger partial charge < -0.3 is 13.9 Å². The maximum Gasteiger partial charge on any atom is 0.311 e. The maximum absolute atomic E-state index is 12.3. The van der Waals surface area contributed by atoms with Crippen molar-refractivity contribution in [1.29, 1.82) is 0 Å². The molecular formula is C24H40O5. The molecule has 0 N–H and O–H groups in total. The average molecular weight is 409 g/mol. The summed E-state index contributed by atoms with van der Waals surface area (Å²) in [6.45, 7) is 8.19. The third-order valence-electron chi connectivity index (χ3n) is 5.00. The van der Waals surface area contributed by atoms with Crippen LogP contribution in [0.3, 0.4) is 0 Å². The number of rotatable bonds is 16. The Balaban J connectivity index is 2.69. The van der Waals surface area contributed by atoms with E-state index < -0.39 is 0 Å². The predicted molar refractivity (Wildman–Crippen MR) is 115 cm³/mol. The van der Waals surface area contributed by atoms with Gasteiger partial charge in [-0.3, -0.25) is 9.59 Å². The Labute approximate surface area is 176 Å². The Morgan fingerprint density at radius 3 is 1.34 bits per heavy atom. The van der Waals surface area contributed by atoms with Crippen molar-refractivity contribution in [3.05, 3.63) is 11.5 Å². The van der Waals surface area contributed by atoms with Gasteiger partial charge >= 0.3 is 11.9 Å². The molecule has 0 radical (unpaired) electrons. The summed E-state index contributed by atoms with van der Waals surface area (Å²) in [6.07, 6.45) is 12.5. The van der Waals surface area contributed by atoms with E-state index in [1.165, 1.54) is 25.7 Å². The van der Waals surface area contributed by atoms with Crippen molar-refractivity contribution in [2.45, 2.75) is 118 Å². The Hall–Kier alpha value is -1.78. The van der Waals surface area contributed by atoms with Crippen LogP contribution in [0.2, 0.25) is 0 Å². The highest BCUT2D eigenvalue weighted by Gasteiger charge is 2.25. The van der Waals surface area contributed by atoms with Crippen molar-refractivity contribution >= 4 is 11.9 Å². The van der Waals surface area contributed by atoms with E-state index >= 15 is 0 Å². The smallest absolute Gasteiger partial charge is 0.311 e. The summed E-state index contributed by atoms with van der Waals surface area (Å²) < 4.78 is 17.0. The van der Waals surface area contributed by atoms with Crippen molar-refractivity contribution in [1.82, 2.24) is 0 Å². The van der Waals surface area contributed by atoms with Crippen LogP contribution in [0.15, 0.2) is 4.42 Å². The number of furan rings is 1. The number of carbonyl (C=O) groups is 2. The van der Waals surface area contributed by atoms with Crippen LogP contribution in [-0.2, 0) is 22.4 Å². The predicted octanol–water partition coefficient (Wildman–Crippen LogP) is 6.94. The van der Waals surface area contributed by atoms with Crippen LogP contribution in [-0.4, -0.2) is 11.9 Å². The number of aryl methyl sites for hydroxylation is 2. The van der Waals surface area contributed by atoms with Gasteiger partial charge in [-0.2, -0.15) is 0 Å². The quantitative estimate of drug-likeness (QED) is 0.219.